The molecule has 2 N–H and O–H groups in total. The monoisotopic (exact) mass is 336 g/mol. The Morgan fingerprint density at radius 3 is 2.43 bits per heavy atom. The van der Waals surface area contributed by atoms with Crippen LogP contribution in [0.4, 0.5) is 4.79 Å². The lowest BCUT2D eigenvalue weighted by molar-refractivity contribution is 0.240. The molecule has 0 atom stereocenters. The fourth-order valence-corrected chi connectivity index (χ4v) is 2.65. The van der Waals surface area contributed by atoms with Crippen LogP contribution in [-0.4, -0.2) is 37.0 Å². The van der Waals surface area contributed by atoms with Gasteiger partial charge >= 0.3 is 6.03 Å². The second-order valence-electron chi connectivity index (χ2n) is 5.30. The number of carbonyl (C=O) groups excluding carboxylic acids is 1. The molecule has 0 spiro atoms. The minimum atomic E-state index is -3.19. The summed E-state index contributed by atoms with van der Waals surface area (Å²) < 4.78 is 24.4. The SMILES string of the molecule is Cn1cc(CCNC(=O)NCc2ccc(S(C)(=O)=O)cc2)cn1. The van der Waals surface area contributed by atoms with Gasteiger partial charge in [-0.25, -0.2) is 13.2 Å². The van der Waals surface area contributed by atoms with E-state index >= 15 is 0 Å². The zero-order valence-corrected chi connectivity index (χ0v) is 13.9. The Bertz CT molecular complexity index is 766. The summed E-state index contributed by atoms with van der Waals surface area (Å²) in [5.41, 5.74) is 1.89. The second kappa shape index (κ2) is 7.28. The fourth-order valence-electron chi connectivity index (χ4n) is 2.02. The Balaban J connectivity index is 1.73. The molecule has 0 saturated carbocycles. The third-order valence-corrected chi connectivity index (χ3v) is 4.39. The Morgan fingerprint density at radius 1 is 1.17 bits per heavy atom. The number of aryl methyl sites for hydroxylation is 1. The van der Waals surface area contributed by atoms with Gasteiger partial charge in [-0.3, -0.25) is 4.68 Å². The highest BCUT2D eigenvalue weighted by molar-refractivity contribution is 7.90. The molecule has 1 heterocycles. The summed E-state index contributed by atoms with van der Waals surface area (Å²) in [6, 6.07) is 6.18. The molecule has 8 heteroatoms. The zero-order valence-electron chi connectivity index (χ0n) is 13.1. The Morgan fingerprint density at radius 2 is 1.87 bits per heavy atom. The van der Waals surface area contributed by atoms with Crippen LogP contribution >= 0.6 is 0 Å². The molecule has 1 aromatic carbocycles. The number of nitrogens with one attached hydrogen (secondary N) is 2. The van der Waals surface area contributed by atoms with E-state index in [1.807, 2.05) is 13.2 Å². The van der Waals surface area contributed by atoms with Gasteiger partial charge in [0.25, 0.3) is 0 Å². The number of hydrogen-bond acceptors (Lipinski definition) is 4. The van der Waals surface area contributed by atoms with Crippen LogP contribution in [0.1, 0.15) is 11.1 Å². The highest BCUT2D eigenvalue weighted by Crippen LogP contribution is 2.10. The molecule has 0 aliphatic rings. The number of aromatic nitrogens is 2. The van der Waals surface area contributed by atoms with E-state index in [4.69, 9.17) is 0 Å². The predicted octanol–water partition coefficient (Wildman–Crippen LogP) is 0.865. The predicted molar refractivity (Wildman–Crippen MR) is 86.7 cm³/mol. The first-order valence-corrected chi connectivity index (χ1v) is 9.02. The maximum Gasteiger partial charge on any atom is 0.315 e. The van der Waals surface area contributed by atoms with Crippen molar-refractivity contribution in [1.82, 2.24) is 20.4 Å². The summed E-state index contributed by atoms with van der Waals surface area (Å²) in [4.78, 5) is 12.0. The standard InChI is InChI=1S/C15H20N4O3S/c1-19-11-13(10-18-19)7-8-16-15(20)17-9-12-3-5-14(6-4-12)23(2,21)22/h3-6,10-11H,7-9H2,1-2H3,(H2,16,17,20). The lowest BCUT2D eigenvalue weighted by Gasteiger charge is -2.07. The minimum Gasteiger partial charge on any atom is -0.338 e. The number of rotatable bonds is 6. The molecule has 1 aromatic heterocycles. The van der Waals surface area contributed by atoms with E-state index in [1.165, 1.54) is 12.1 Å². The van der Waals surface area contributed by atoms with Crippen LogP contribution in [0.5, 0.6) is 0 Å². The van der Waals surface area contributed by atoms with Crippen molar-refractivity contribution in [2.24, 2.45) is 7.05 Å². The van der Waals surface area contributed by atoms with Crippen molar-refractivity contribution in [3.8, 4) is 0 Å². The molecular formula is C15H20N4O3S. The highest BCUT2D eigenvalue weighted by Gasteiger charge is 2.06. The first-order valence-electron chi connectivity index (χ1n) is 7.13. The quantitative estimate of drug-likeness (QED) is 0.818. The fraction of sp³-hybridized carbons (Fsp3) is 0.333. The molecule has 0 aliphatic carbocycles. The van der Waals surface area contributed by atoms with Crippen molar-refractivity contribution in [2.45, 2.75) is 17.9 Å². The average molecular weight is 336 g/mol. The minimum absolute atomic E-state index is 0.263. The van der Waals surface area contributed by atoms with Crippen molar-refractivity contribution in [2.75, 3.05) is 12.8 Å². The van der Waals surface area contributed by atoms with E-state index in [-0.39, 0.29) is 10.9 Å². The van der Waals surface area contributed by atoms with Crippen LogP contribution in [0.25, 0.3) is 0 Å². The van der Waals surface area contributed by atoms with Crippen molar-refractivity contribution >= 4 is 15.9 Å². The van der Waals surface area contributed by atoms with Crippen molar-refractivity contribution in [3.63, 3.8) is 0 Å². The maximum atomic E-state index is 11.7. The first kappa shape index (κ1) is 17.0. The molecule has 2 rings (SSSR count). The molecule has 0 radical (unpaired) electrons. The summed E-state index contributed by atoms with van der Waals surface area (Å²) >= 11 is 0. The van der Waals surface area contributed by atoms with Gasteiger partial charge in [0.1, 0.15) is 0 Å². The van der Waals surface area contributed by atoms with Crippen molar-refractivity contribution < 1.29 is 13.2 Å². The van der Waals surface area contributed by atoms with Gasteiger partial charge in [0.2, 0.25) is 0 Å². The van der Waals surface area contributed by atoms with E-state index in [1.54, 1.807) is 23.0 Å². The molecule has 0 saturated heterocycles. The van der Waals surface area contributed by atoms with Crippen LogP contribution in [0.3, 0.4) is 0 Å². The Labute approximate surface area is 135 Å². The Hall–Kier alpha value is -2.35. The topological polar surface area (TPSA) is 93.1 Å². The van der Waals surface area contributed by atoms with Gasteiger partial charge in [-0.1, -0.05) is 12.1 Å². The number of sulfone groups is 1. The number of carbonyl (C=O) groups is 1. The molecule has 23 heavy (non-hydrogen) atoms. The number of urea groups is 1. The van der Waals surface area contributed by atoms with Crippen LogP contribution < -0.4 is 10.6 Å². The zero-order chi connectivity index (χ0) is 16.9. The van der Waals surface area contributed by atoms with Gasteiger partial charge in [-0.2, -0.15) is 5.10 Å². The van der Waals surface area contributed by atoms with Crippen LogP contribution in [-0.2, 0) is 29.9 Å². The van der Waals surface area contributed by atoms with E-state index < -0.39 is 9.84 Å². The molecular weight excluding hydrogens is 316 g/mol. The summed E-state index contributed by atoms with van der Waals surface area (Å²) in [6.07, 6.45) is 5.55. The van der Waals surface area contributed by atoms with E-state index in [0.29, 0.717) is 19.5 Å². The Kier molecular flexibility index (Phi) is 5.38. The van der Waals surface area contributed by atoms with Crippen molar-refractivity contribution in [3.05, 3.63) is 47.8 Å². The normalized spacial score (nSPS) is 11.2. The lowest BCUT2D eigenvalue weighted by Crippen LogP contribution is -2.36. The van der Waals surface area contributed by atoms with Crippen LogP contribution in [0, 0.1) is 0 Å². The molecule has 0 fully saturated rings. The summed E-state index contributed by atoms with van der Waals surface area (Å²) in [6.45, 7) is 0.854. The third-order valence-electron chi connectivity index (χ3n) is 3.26. The summed E-state index contributed by atoms with van der Waals surface area (Å²) in [7, 11) is -1.35. The van der Waals surface area contributed by atoms with Gasteiger partial charge in [-0.05, 0) is 29.7 Å². The maximum absolute atomic E-state index is 11.7. The lowest BCUT2D eigenvalue weighted by atomic mass is 10.2. The second-order valence-corrected chi connectivity index (χ2v) is 7.31. The third kappa shape index (κ3) is 5.41. The van der Waals surface area contributed by atoms with Crippen molar-refractivity contribution in [1.29, 1.82) is 0 Å². The summed E-state index contributed by atoms with van der Waals surface area (Å²) in [5, 5.41) is 9.55. The van der Waals surface area contributed by atoms with Gasteiger partial charge in [0, 0.05) is 32.6 Å². The van der Waals surface area contributed by atoms with Crippen LogP contribution in [0.15, 0.2) is 41.6 Å². The number of amides is 2. The van der Waals surface area contributed by atoms with Gasteiger partial charge in [0.15, 0.2) is 9.84 Å². The van der Waals surface area contributed by atoms with Gasteiger partial charge in [-0.15, -0.1) is 0 Å². The molecule has 7 nitrogen and oxygen atoms in total. The molecule has 2 aromatic rings. The van der Waals surface area contributed by atoms with E-state index in [2.05, 4.69) is 15.7 Å². The van der Waals surface area contributed by atoms with E-state index in [0.717, 1.165) is 17.4 Å². The van der Waals surface area contributed by atoms with Gasteiger partial charge < -0.3 is 10.6 Å². The number of hydrogen-bond donors (Lipinski definition) is 2. The average Bonchev–Trinajstić information content (AvgIpc) is 2.90. The molecule has 2 amide bonds. The molecule has 0 bridgehead atoms. The number of benzene rings is 1. The van der Waals surface area contributed by atoms with Crippen LogP contribution in [0.2, 0.25) is 0 Å². The summed E-state index contributed by atoms with van der Waals surface area (Å²) in [5.74, 6) is 0. The smallest absolute Gasteiger partial charge is 0.315 e. The molecule has 124 valence electrons. The number of nitrogens with zero attached hydrogens (tertiary/aromatic N) is 2. The largest absolute Gasteiger partial charge is 0.338 e. The highest BCUT2D eigenvalue weighted by atomic mass is 32.2. The van der Waals surface area contributed by atoms with Gasteiger partial charge in [0.05, 0.1) is 11.1 Å². The molecule has 0 unspecified atom stereocenters. The first-order chi connectivity index (χ1) is 10.8. The van der Waals surface area contributed by atoms with E-state index in [9.17, 15) is 13.2 Å². The molecule has 0 aliphatic heterocycles.